The molecule has 2 aromatic heterocycles. The molecule has 0 radical (unpaired) electrons. The van der Waals surface area contributed by atoms with Crippen LogP contribution in [0.4, 0.5) is 0 Å². The van der Waals surface area contributed by atoms with E-state index >= 15 is 0 Å². The molecule has 1 saturated carbocycles. The molecular weight excluding hydrogens is 270 g/mol. The van der Waals surface area contributed by atoms with Crippen molar-refractivity contribution in [2.75, 3.05) is 0 Å². The summed E-state index contributed by atoms with van der Waals surface area (Å²) in [6.07, 6.45) is 6.43. The number of hydrogen-bond donors (Lipinski definition) is 1. The van der Waals surface area contributed by atoms with Gasteiger partial charge in [-0.2, -0.15) is 9.61 Å². The number of hydrogen-bond acceptors (Lipinski definition) is 5. The van der Waals surface area contributed by atoms with Crippen molar-refractivity contribution < 1.29 is 0 Å². The Labute approximate surface area is 123 Å². The molecule has 3 rings (SSSR count). The first-order valence-electron chi connectivity index (χ1n) is 7.49. The second-order valence-electron chi connectivity index (χ2n) is 6.69. The Morgan fingerprint density at radius 2 is 1.95 bits per heavy atom. The summed E-state index contributed by atoms with van der Waals surface area (Å²) in [7, 11) is 0. The number of nitrogens with one attached hydrogen (secondary N) is 1. The van der Waals surface area contributed by atoms with Crippen LogP contribution < -0.4 is 5.32 Å². The Morgan fingerprint density at radius 3 is 2.65 bits per heavy atom. The van der Waals surface area contributed by atoms with Gasteiger partial charge in [0.05, 0.1) is 6.54 Å². The maximum absolute atomic E-state index is 4.70. The molecule has 0 amide bonds. The summed E-state index contributed by atoms with van der Waals surface area (Å²) in [5, 5.41) is 17.9. The molecule has 0 aromatic carbocycles. The fraction of sp³-hybridized carbons (Fsp3) is 0.786. The molecule has 20 heavy (non-hydrogen) atoms. The van der Waals surface area contributed by atoms with Gasteiger partial charge in [-0.05, 0) is 33.6 Å². The third kappa shape index (κ3) is 3.01. The van der Waals surface area contributed by atoms with Crippen molar-refractivity contribution in [3.05, 3.63) is 10.8 Å². The first kappa shape index (κ1) is 13.9. The minimum Gasteiger partial charge on any atom is -0.306 e. The number of rotatable bonds is 3. The van der Waals surface area contributed by atoms with Crippen LogP contribution in [0.5, 0.6) is 0 Å². The molecule has 0 unspecified atom stereocenters. The highest BCUT2D eigenvalue weighted by Gasteiger charge is 2.23. The highest BCUT2D eigenvalue weighted by atomic mass is 32.1. The zero-order valence-corrected chi connectivity index (χ0v) is 13.3. The van der Waals surface area contributed by atoms with E-state index < -0.39 is 0 Å². The van der Waals surface area contributed by atoms with Gasteiger partial charge in [0.1, 0.15) is 5.01 Å². The average molecular weight is 293 g/mol. The smallest absolute Gasteiger partial charge is 0.234 e. The lowest BCUT2D eigenvalue weighted by atomic mass is 9.89. The fourth-order valence-electron chi connectivity index (χ4n) is 2.70. The number of nitrogens with zero attached hydrogens (tertiary/aromatic N) is 4. The molecular formula is C14H23N5S. The molecule has 6 heteroatoms. The van der Waals surface area contributed by atoms with E-state index in [9.17, 15) is 0 Å². The zero-order valence-electron chi connectivity index (χ0n) is 12.5. The van der Waals surface area contributed by atoms with Gasteiger partial charge in [-0.25, -0.2) is 0 Å². The van der Waals surface area contributed by atoms with Gasteiger partial charge in [-0.3, -0.25) is 0 Å². The molecule has 110 valence electrons. The van der Waals surface area contributed by atoms with Crippen LogP contribution in [0.2, 0.25) is 0 Å². The normalized spacial score (nSPS) is 17.9. The average Bonchev–Trinajstić information content (AvgIpc) is 2.96. The van der Waals surface area contributed by atoms with Crippen LogP contribution in [0, 0.1) is 0 Å². The van der Waals surface area contributed by atoms with E-state index in [-0.39, 0.29) is 5.54 Å². The Hall–Kier alpha value is -1.01. The molecule has 1 fully saturated rings. The van der Waals surface area contributed by atoms with E-state index in [0.717, 1.165) is 22.3 Å². The van der Waals surface area contributed by atoms with Gasteiger partial charge in [0.15, 0.2) is 5.82 Å². The lowest BCUT2D eigenvalue weighted by Gasteiger charge is -2.19. The highest BCUT2D eigenvalue weighted by molar-refractivity contribution is 7.16. The highest BCUT2D eigenvalue weighted by Crippen LogP contribution is 2.32. The Bertz CT molecular complexity index is 574. The van der Waals surface area contributed by atoms with Crippen LogP contribution in [-0.2, 0) is 6.54 Å². The molecule has 0 aliphatic heterocycles. The maximum atomic E-state index is 4.70. The van der Waals surface area contributed by atoms with Gasteiger partial charge in [0.25, 0.3) is 0 Å². The van der Waals surface area contributed by atoms with Crippen LogP contribution in [0.1, 0.15) is 69.6 Å². The molecule has 5 nitrogen and oxygen atoms in total. The van der Waals surface area contributed by atoms with Gasteiger partial charge < -0.3 is 5.32 Å². The summed E-state index contributed by atoms with van der Waals surface area (Å²) < 4.78 is 1.97. The summed E-state index contributed by atoms with van der Waals surface area (Å²) in [5.41, 5.74) is 0.109. The predicted octanol–water partition coefficient (Wildman–Crippen LogP) is 3.12. The van der Waals surface area contributed by atoms with Crippen molar-refractivity contribution in [3.63, 3.8) is 0 Å². The van der Waals surface area contributed by atoms with Gasteiger partial charge in [0.2, 0.25) is 4.96 Å². The lowest BCUT2D eigenvalue weighted by molar-refractivity contribution is 0.416. The molecule has 2 aromatic rings. The first-order valence-corrected chi connectivity index (χ1v) is 8.31. The molecule has 1 aliphatic rings. The van der Waals surface area contributed by atoms with Crippen LogP contribution in [0.15, 0.2) is 0 Å². The molecule has 1 N–H and O–H groups in total. The summed E-state index contributed by atoms with van der Waals surface area (Å²) in [5.74, 6) is 1.61. The van der Waals surface area contributed by atoms with Crippen LogP contribution in [-0.4, -0.2) is 25.4 Å². The van der Waals surface area contributed by atoms with Crippen molar-refractivity contribution in [1.82, 2.24) is 25.1 Å². The van der Waals surface area contributed by atoms with Crippen molar-refractivity contribution >= 4 is 16.3 Å². The molecule has 0 spiro atoms. The van der Waals surface area contributed by atoms with E-state index in [1.807, 2.05) is 4.52 Å². The minimum atomic E-state index is 0.109. The first-order chi connectivity index (χ1) is 9.53. The Balaban J connectivity index is 1.79. The SMILES string of the molecule is CC(C)(C)NCc1nn2c(C3CCCCC3)nnc2s1. The minimum absolute atomic E-state index is 0.109. The quantitative estimate of drug-likeness (QED) is 0.944. The monoisotopic (exact) mass is 293 g/mol. The van der Waals surface area contributed by atoms with E-state index in [1.165, 1.54) is 32.1 Å². The fourth-order valence-corrected chi connectivity index (χ4v) is 3.48. The van der Waals surface area contributed by atoms with E-state index in [0.29, 0.717) is 5.92 Å². The standard InChI is InChI=1S/C14H23N5S/c1-14(2,3)15-9-11-18-19-12(16-17-13(19)20-11)10-7-5-4-6-8-10/h10,15H,4-9H2,1-3H3. The van der Waals surface area contributed by atoms with Crippen LogP contribution >= 0.6 is 11.3 Å². The zero-order chi connectivity index (χ0) is 14.2. The molecule has 0 atom stereocenters. The summed E-state index contributed by atoms with van der Waals surface area (Å²) in [6, 6.07) is 0. The third-order valence-corrected chi connectivity index (χ3v) is 4.70. The van der Waals surface area contributed by atoms with Crippen LogP contribution in [0.25, 0.3) is 4.96 Å². The molecule has 0 bridgehead atoms. The second-order valence-corrected chi connectivity index (χ2v) is 7.73. The molecule has 2 heterocycles. The third-order valence-electron chi connectivity index (χ3n) is 3.80. The van der Waals surface area contributed by atoms with Gasteiger partial charge >= 0.3 is 0 Å². The maximum Gasteiger partial charge on any atom is 0.234 e. The van der Waals surface area contributed by atoms with E-state index in [4.69, 9.17) is 5.10 Å². The van der Waals surface area contributed by atoms with Crippen LogP contribution in [0.3, 0.4) is 0 Å². The van der Waals surface area contributed by atoms with Crippen molar-refractivity contribution in [1.29, 1.82) is 0 Å². The number of fused-ring (bicyclic) bond motifs is 1. The lowest BCUT2D eigenvalue weighted by Crippen LogP contribution is -2.35. The topological polar surface area (TPSA) is 55.1 Å². The second kappa shape index (κ2) is 5.41. The van der Waals surface area contributed by atoms with Gasteiger partial charge in [-0.1, -0.05) is 30.6 Å². The number of aromatic nitrogens is 4. The summed E-state index contributed by atoms with van der Waals surface area (Å²) in [4.78, 5) is 0.927. The largest absolute Gasteiger partial charge is 0.306 e. The van der Waals surface area contributed by atoms with Crippen molar-refractivity contribution in [3.8, 4) is 0 Å². The van der Waals surface area contributed by atoms with E-state index in [1.54, 1.807) is 11.3 Å². The van der Waals surface area contributed by atoms with E-state index in [2.05, 4.69) is 36.3 Å². The molecule has 0 saturated heterocycles. The van der Waals surface area contributed by atoms with Crippen molar-refractivity contribution in [2.45, 2.75) is 70.9 Å². The van der Waals surface area contributed by atoms with Gasteiger partial charge in [-0.15, -0.1) is 10.2 Å². The molecule has 1 aliphatic carbocycles. The summed E-state index contributed by atoms with van der Waals surface area (Å²) >= 11 is 1.64. The summed E-state index contributed by atoms with van der Waals surface area (Å²) in [6.45, 7) is 7.30. The van der Waals surface area contributed by atoms with Crippen molar-refractivity contribution in [2.24, 2.45) is 0 Å². The Morgan fingerprint density at radius 1 is 1.20 bits per heavy atom. The van der Waals surface area contributed by atoms with Gasteiger partial charge in [0, 0.05) is 11.5 Å². The Kier molecular flexibility index (Phi) is 3.77. The predicted molar refractivity (Wildman–Crippen MR) is 81.1 cm³/mol.